The van der Waals surface area contributed by atoms with Gasteiger partial charge >= 0.3 is 0 Å². The third-order valence-electron chi connectivity index (χ3n) is 10.2. The number of anilines is 1. The average Bonchev–Trinajstić information content (AvgIpc) is 3.33. The molecule has 5 aliphatic rings. The van der Waals surface area contributed by atoms with Gasteiger partial charge in [-0.15, -0.1) is 0 Å². The minimum absolute atomic E-state index is 0.117. The Morgan fingerprint density at radius 2 is 1.59 bits per heavy atom. The largest absolute Gasteiger partial charge is 0.396 e. The van der Waals surface area contributed by atoms with Crippen LogP contribution in [-0.4, -0.2) is 120 Å². The Labute approximate surface area is 260 Å². The van der Waals surface area contributed by atoms with Crippen molar-refractivity contribution in [2.45, 2.75) is 56.3 Å². The summed E-state index contributed by atoms with van der Waals surface area (Å²) >= 11 is 0. The number of aliphatic hydroxyl groups is 1. The van der Waals surface area contributed by atoms with E-state index in [1.54, 1.807) is 9.80 Å². The minimum Gasteiger partial charge on any atom is -0.396 e. The molecule has 1 aromatic carbocycles. The fraction of sp³-hybridized carbons (Fsp3) is 0.618. The number of ether oxygens (including phenoxy) is 2. The Hall–Kier alpha value is -3.05. The highest BCUT2D eigenvalue weighted by molar-refractivity contribution is 6.04. The third kappa shape index (κ3) is 5.40. The highest BCUT2D eigenvalue weighted by Gasteiger charge is 2.75. The van der Waals surface area contributed by atoms with Crippen LogP contribution >= 0.6 is 0 Å². The number of rotatable bonds is 11. The molecular weight excluding hydrogens is 560 g/mol. The van der Waals surface area contributed by atoms with Gasteiger partial charge in [-0.25, -0.2) is 0 Å². The van der Waals surface area contributed by atoms with Crippen LogP contribution in [0.15, 0.2) is 54.6 Å². The Morgan fingerprint density at radius 3 is 2.34 bits per heavy atom. The lowest BCUT2D eigenvalue weighted by atomic mass is 9.73. The number of carbonyl (C=O) groups excluding carboxylic acids is 3. The number of nitrogens with zero attached hydrogens (tertiary/aromatic N) is 4. The van der Waals surface area contributed by atoms with Crippen molar-refractivity contribution < 1.29 is 29.0 Å². The number of fused-ring (bicyclic) bond motifs is 2. The highest BCUT2D eigenvalue weighted by Crippen LogP contribution is 2.58. The maximum absolute atomic E-state index is 14.6. The van der Waals surface area contributed by atoms with Crippen molar-refractivity contribution in [2.24, 2.45) is 11.8 Å². The molecule has 238 valence electrons. The molecule has 10 nitrogen and oxygen atoms in total. The molecule has 5 heterocycles. The minimum atomic E-state index is -1.24. The van der Waals surface area contributed by atoms with Gasteiger partial charge in [-0.2, -0.15) is 0 Å². The summed E-state index contributed by atoms with van der Waals surface area (Å²) in [5.41, 5.74) is -1.47. The second-order valence-electron chi connectivity index (χ2n) is 12.6. The van der Waals surface area contributed by atoms with Crippen LogP contribution in [0.4, 0.5) is 5.69 Å². The zero-order valence-electron chi connectivity index (χ0n) is 25.8. The Morgan fingerprint density at radius 1 is 0.841 bits per heavy atom. The van der Waals surface area contributed by atoms with Crippen molar-refractivity contribution >= 4 is 23.4 Å². The van der Waals surface area contributed by atoms with Gasteiger partial charge in [0.05, 0.1) is 30.7 Å². The first-order valence-corrected chi connectivity index (χ1v) is 16.4. The van der Waals surface area contributed by atoms with E-state index in [4.69, 9.17) is 9.47 Å². The van der Waals surface area contributed by atoms with Crippen molar-refractivity contribution in [3.63, 3.8) is 0 Å². The van der Waals surface area contributed by atoms with Crippen molar-refractivity contribution in [1.82, 2.24) is 14.7 Å². The summed E-state index contributed by atoms with van der Waals surface area (Å²) in [6.07, 6.45) is 11.5. The van der Waals surface area contributed by atoms with Gasteiger partial charge in [0.15, 0.2) is 0 Å². The van der Waals surface area contributed by atoms with Gasteiger partial charge in [0.25, 0.3) is 0 Å². The van der Waals surface area contributed by atoms with E-state index in [1.807, 2.05) is 66.5 Å². The molecule has 0 radical (unpaired) electrons. The molecule has 3 amide bonds. The number of carbonyl (C=O) groups is 3. The van der Waals surface area contributed by atoms with E-state index in [0.29, 0.717) is 58.7 Å². The van der Waals surface area contributed by atoms with E-state index in [2.05, 4.69) is 4.90 Å². The molecule has 0 aromatic heterocycles. The van der Waals surface area contributed by atoms with Crippen LogP contribution in [-0.2, 0) is 23.9 Å². The molecule has 10 heteroatoms. The molecule has 3 fully saturated rings. The molecule has 5 aliphatic heterocycles. The van der Waals surface area contributed by atoms with Gasteiger partial charge in [0.2, 0.25) is 17.7 Å². The maximum Gasteiger partial charge on any atom is 0.249 e. The Bertz CT molecular complexity index is 1270. The van der Waals surface area contributed by atoms with Crippen molar-refractivity contribution in [2.75, 3.05) is 70.5 Å². The second-order valence-corrected chi connectivity index (χ2v) is 12.6. The van der Waals surface area contributed by atoms with Crippen LogP contribution in [0.2, 0.25) is 0 Å². The summed E-state index contributed by atoms with van der Waals surface area (Å²) in [5, 5.41) is 9.24. The number of likely N-dealkylation sites (tertiary alicyclic amines) is 1. The molecule has 0 bridgehead atoms. The number of hydrogen-bond acceptors (Lipinski definition) is 7. The van der Waals surface area contributed by atoms with Gasteiger partial charge in [-0.3, -0.25) is 19.3 Å². The number of hydrogen-bond donors (Lipinski definition) is 1. The number of benzene rings is 1. The van der Waals surface area contributed by atoms with Gasteiger partial charge in [0.1, 0.15) is 11.6 Å². The smallest absolute Gasteiger partial charge is 0.249 e. The van der Waals surface area contributed by atoms with Crippen molar-refractivity contribution in [3.05, 3.63) is 54.6 Å². The molecule has 1 spiro atoms. The van der Waals surface area contributed by atoms with Crippen LogP contribution in [0, 0.1) is 11.8 Å². The SMILES string of the molecule is CC[C@]12C=CCN(c3ccccc3)C(=O)[C@H]1[C@H]1C(=O)N(CCCCCCO)C3C(=O)N(CCN4CCOCC4)CC=C[C@@]31O2. The predicted molar refractivity (Wildman–Crippen MR) is 166 cm³/mol. The van der Waals surface area contributed by atoms with Gasteiger partial charge in [-0.05, 0) is 31.4 Å². The summed E-state index contributed by atoms with van der Waals surface area (Å²) in [6.45, 7) is 7.69. The van der Waals surface area contributed by atoms with Gasteiger partial charge in [-0.1, -0.05) is 62.3 Å². The topological polar surface area (TPSA) is 103 Å². The normalized spacial score (nSPS) is 32.1. The molecule has 6 rings (SSSR count). The highest BCUT2D eigenvalue weighted by atomic mass is 16.5. The Kier molecular flexibility index (Phi) is 9.23. The molecule has 44 heavy (non-hydrogen) atoms. The lowest BCUT2D eigenvalue weighted by molar-refractivity contribution is -0.152. The van der Waals surface area contributed by atoms with Gasteiger partial charge < -0.3 is 29.3 Å². The average molecular weight is 607 g/mol. The molecule has 5 atom stereocenters. The number of morpholine rings is 1. The van der Waals surface area contributed by atoms with Crippen molar-refractivity contribution in [1.29, 1.82) is 0 Å². The van der Waals surface area contributed by atoms with Crippen LogP contribution < -0.4 is 4.90 Å². The van der Waals surface area contributed by atoms with Crippen LogP contribution in [0.5, 0.6) is 0 Å². The molecular formula is C34H46N4O6. The number of aliphatic hydroxyl groups excluding tert-OH is 1. The van der Waals surface area contributed by atoms with E-state index in [1.165, 1.54) is 0 Å². The monoisotopic (exact) mass is 606 g/mol. The van der Waals surface area contributed by atoms with Gasteiger partial charge in [0, 0.05) is 58.1 Å². The van der Waals surface area contributed by atoms with Crippen molar-refractivity contribution in [3.8, 4) is 0 Å². The summed E-state index contributed by atoms with van der Waals surface area (Å²) in [7, 11) is 0. The molecule has 1 N–H and O–H groups in total. The molecule has 3 saturated heterocycles. The van der Waals surface area contributed by atoms with Crippen LogP contribution in [0.25, 0.3) is 0 Å². The first kappa shape index (κ1) is 31.0. The lowest BCUT2D eigenvalue weighted by Gasteiger charge is -2.39. The van der Waals surface area contributed by atoms with E-state index >= 15 is 0 Å². The molecule has 1 aromatic rings. The summed E-state index contributed by atoms with van der Waals surface area (Å²) < 4.78 is 12.6. The van der Waals surface area contributed by atoms with E-state index in [-0.39, 0.29) is 24.3 Å². The molecule has 1 unspecified atom stereocenters. The first-order valence-electron chi connectivity index (χ1n) is 16.4. The fourth-order valence-electron chi connectivity index (χ4n) is 7.92. The fourth-order valence-corrected chi connectivity index (χ4v) is 7.92. The zero-order valence-corrected chi connectivity index (χ0v) is 25.8. The lowest BCUT2D eigenvalue weighted by Crippen LogP contribution is -2.57. The summed E-state index contributed by atoms with van der Waals surface area (Å²) in [4.78, 5) is 51.4. The number of unbranched alkanes of at least 4 members (excludes halogenated alkanes) is 3. The number of para-hydroxylation sites is 1. The standard InChI is InChI=1S/C34H46N4O6/c1-2-33-14-10-18-37(26-12-6-5-7-13-26)30(40)27(33)28-31(41)38(17-8-3-4-9-23-39)29-32(42)36(16-11-15-34(28,29)44-33)20-19-35-21-24-43-25-22-35/h5-7,10-15,27-29,39H,2-4,8-9,16-25H2,1H3/t27-,28+,29?,33+,34+/m1/s1. The summed E-state index contributed by atoms with van der Waals surface area (Å²) in [6, 6.07) is 8.71. The van der Waals surface area contributed by atoms with E-state index in [0.717, 1.165) is 38.2 Å². The van der Waals surface area contributed by atoms with Crippen LogP contribution in [0.1, 0.15) is 39.0 Å². The van der Waals surface area contributed by atoms with Crippen LogP contribution in [0.3, 0.4) is 0 Å². The summed E-state index contributed by atoms with van der Waals surface area (Å²) in [5.74, 6) is -2.02. The maximum atomic E-state index is 14.6. The first-order chi connectivity index (χ1) is 21.5. The van der Waals surface area contributed by atoms with E-state index < -0.39 is 29.1 Å². The van der Waals surface area contributed by atoms with E-state index in [9.17, 15) is 19.5 Å². The molecule has 0 saturated carbocycles. The number of amides is 3. The quantitative estimate of drug-likeness (QED) is 0.305. The second kappa shape index (κ2) is 13.1. The molecule has 0 aliphatic carbocycles. The Balaban J connectivity index is 1.35. The third-order valence-corrected chi connectivity index (χ3v) is 10.2. The zero-order chi connectivity index (χ0) is 30.7. The predicted octanol–water partition coefficient (Wildman–Crippen LogP) is 2.23.